The third-order valence-electron chi connectivity index (χ3n) is 4.75. The molecule has 1 aromatic heterocycles. The molecule has 1 amide bonds. The Morgan fingerprint density at radius 1 is 1.31 bits per heavy atom. The summed E-state index contributed by atoms with van der Waals surface area (Å²) in [6.45, 7) is 4.67. The molecule has 1 aromatic carbocycles. The van der Waals surface area contributed by atoms with Gasteiger partial charge in [-0.3, -0.25) is 16.1 Å². The summed E-state index contributed by atoms with van der Waals surface area (Å²) in [5.74, 6) is 3.96. The van der Waals surface area contributed by atoms with Gasteiger partial charge < -0.3 is 10.4 Å². The zero-order valence-corrected chi connectivity index (χ0v) is 15.7. The van der Waals surface area contributed by atoms with Crippen LogP contribution in [0.1, 0.15) is 56.3 Å². The lowest BCUT2D eigenvalue weighted by molar-refractivity contribution is 0.0691. The zero-order valence-electron chi connectivity index (χ0n) is 14.9. The minimum absolute atomic E-state index is 0.0470. The Kier molecular flexibility index (Phi) is 5.13. The molecule has 1 heterocycles. The number of anilines is 1. The first-order chi connectivity index (χ1) is 12.3. The number of aromatic carboxylic acids is 1. The van der Waals surface area contributed by atoms with E-state index < -0.39 is 5.97 Å². The monoisotopic (exact) mass is 373 g/mol. The normalized spacial score (nSPS) is 15.3. The summed E-state index contributed by atoms with van der Waals surface area (Å²) < 4.78 is 0. The number of benzene rings is 1. The molecule has 2 aromatic rings. The number of nitrogens with two attached hydrogens (primary N) is 1. The maximum atomic E-state index is 12.9. The number of hydrogen-bond donors (Lipinski definition) is 4. The van der Waals surface area contributed by atoms with Crippen molar-refractivity contribution in [1.82, 2.24) is 5.43 Å². The highest BCUT2D eigenvalue weighted by atomic mass is 32.1. The first-order valence-corrected chi connectivity index (χ1v) is 9.34. The van der Waals surface area contributed by atoms with Gasteiger partial charge in [-0.15, -0.1) is 11.3 Å². The van der Waals surface area contributed by atoms with Gasteiger partial charge in [0.25, 0.3) is 5.91 Å². The molecule has 1 aliphatic rings. The number of nitrogens with one attached hydrogen (secondary N) is 2. The topological polar surface area (TPSA) is 104 Å². The van der Waals surface area contributed by atoms with Gasteiger partial charge in [0.05, 0.1) is 5.56 Å². The molecule has 0 saturated carbocycles. The van der Waals surface area contributed by atoms with Crippen molar-refractivity contribution < 1.29 is 14.7 Å². The molecule has 6 nitrogen and oxygen atoms in total. The molecule has 0 spiro atoms. The van der Waals surface area contributed by atoms with Crippen molar-refractivity contribution in [3.8, 4) is 0 Å². The standard InChI is InChI=1S/C19H23N3O3S/c1-19(2)8-7-14-12(9-19)15(18(24)25)16(26-14)17(23)22-13-6-4-3-5-11(13)10-21-20/h3-6,21H,7-10,20H2,1-2H3,(H,22,23)(H,24,25). The van der Waals surface area contributed by atoms with Crippen LogP contribution in [0, 0.1) is 5.41 Å². The Morgan fingerprint density at radius 3 is 2.73 bits per heavy atom. The van der Waals surface area contributed by atoms with Gasteiger partial charge in [0, 0.05) is 17.1 Å². The highest BCUT2D eigenvalue weighted by Crippen LogP contribution is 2.41. The summed E-state index contributed by atoms with van der Waals surface area (Å²) in [5.41, 5.74) is 5.06. The van der Waals surface area contributed by atoms with Crippen LogP contribution in [0.15, 0.2) is 24.3 Å². The summed E-state index contributed by atoms with van der Waals surface area (Å²) >= 11 is 1.30. The average Bonchev–Trinajstić information content (AvgIpc) is 2.94. The Bertz CT molecular complexity index is 858. The number of carbonyl (C=O) groups is 2. The molecule has 26 heavy (non-hydrogen) atoms. The maximum absolute atomic E-state index is 12.9. The third-order valence-corrected chi connectivity index (χ3v) is 6.04. The van der Waals surface area contributed by atoms with Crippen LogP contribution >= 0.6 is 11.3 Å². The molecule has 0 unspecified atom stereocenters. The Hall–Kier alpha value is -2.22. The van der Waals surface area contributed by atoms with Crippen LogP contribution in [-0.2, 0) is 19.4 Å². The van der Waals surface area contributed by atoms with E-state index in [0.717, 1.165) is 28.8 Å². The molecule has 0 radical (unpaired) electrons. The molecule has 0 saturated heterocycles. The average molecular weight is 373 g/mol. The number of para-hydroxylation sites is 1. The number of hydrazine groups is 1. The number of hydrogen-bond acceptors (Lipinski definition) is 5. The predicted molar refractivity (Wildman–Crippen MR) is 103 cm³/mol. The molecule has 5 N–H and O–H groups in total. The SMILES string of the molecule is CC1(C)CCc2sc(C(=O)Nc3ccccc3CNN)c(C(=O)O)c2C1. The van der Waals surface area contributed by atoms with E-state index in [2.05, 4.69) is 24.6 Å². The summed E-state index contributed by atoms with van der Waals surface area (Å²) in [4.78, 5) is 26.0. The minimum Gasteiger partial charge on any atom is -0.478 e. The van der Waals surface area contributed by atoms with Crippen LogP contribution in [0.4, 0.5) is 5.69 Å². The Labute approximate surface area is 156 Å². The van der Waals surface area contributed by atoms with E-state index in [-0.39, 0.29) is 21.8 Å². The fourth-order valence-corrected chi connectivity index (χ4v) is 4.60. The van der Waals surface area contributed by atoms with Gasteiger partial charge in [-0.2, -0.15) is 0 Å². The van der Waals surface area contributed by atoms with E-state index in [0.29, 0.717) is 18.7 Å². The lowest BCUT2D eigenvalue weighted by Gasteiger charge is -2.29. The number of carboxylic acids is 1. The van der Waals surface area contributed by atoms with E-state index in [1.165, 1.54) is 11.3 Å². The molecule has 0 fully saturated rings. The quantitative estimate of drug-likeness (QED) is 0.476. The summed E-state index contributed by atoms with van der Waals surface area (Å²) in [5, 5.41) is 12.6. The lowest BCUT2D eigenvalue weighted by atomic mass is 9.76. The predicted octanol–water partition coefficient (Wildman–Crippen LogP) is 3.18. The molecule has 0 bridgehead atoms. The van der Waals surface area contributed by atoms with Crippen LogP contribution in [-0.4, -0.2) is 17.0 Å². The lowest BCUT2D eigenvalue weighted by Crippen LogP contribution is -2.23. The third kappa shape index (κ3) is 3.65. The van der Waals surface area contributed by atoms with Crippen LogP contribution in [0.3, 0.4) is 0 Å². The van der Waals surface area contributed by atoms with Crippen molar-refractivity contribution >= 4 is 28.9 Å². The van der Waals surface area contributed by atoms with Gasteiger partial charge >= 0.3 is 5.97 Å². The van der Waals surface area contributed by atoms with Crippen LogP contribution in [0.2, 0.25) is 0 Å². The van der Waals surface area contributed by atoms with E-state index >= 15 is 0 Å². The second-order valence-corrected chi connectivity index (χ2v) is 8.45. The second-order valence-electron chi connectivity index (χ2n) is 7.35. The summed E-state index contributed by atoms with van der Waals surface area (Å²) in [6.07, 6.45) is 2.49. The molecular weight excluding hydrogens is 350 g/mol. The van der Waals surface area contributed by atoms with Gasteiger partial charge in [-0.05, 0) is 41.9 Å². The van der Waals surface area contributed by atoms with Crippen molar-refractivity contribution in [3.63, 3.8) is 0 Å². The number of carbonyl (C=O) groups excluding carboxylic acids is 1. The van der Waals surface area contributed by atoms with Crippen LogP contribution in [0.25, 0.3) is 0 Å². The molecule has 3 rings (SSSR count). The number of aryl methyl sites for hydroxylation is 1. The van der Waals surface area contributed by atoms with Crippen molar-refractivity contribution in [1.29, 1.82) is 0 Å². The van der Waals surface area contributed by atoms with Gasteiger partial charge in [-0.25, -0.2) is 4.79 Å². The smallest absolute Gasteiger partial charge is 0.337 e. The van der Waals surface area contributed by atoms with E-state index in [1.807, 2.05) is 18.2 Å². The van der Waals surface area contributed by atoms with Gasteiger partial charge in [-0.1, -0.05) is 32.0 Å². The van der Waals surface area contributed by atoms with Gasteiger partial charge in [0.1, 0.15) is 4.88 Å². The van der Waals surface area contributed by atoms with E-state index in [4.69, 9.17) is 5.84 Å². The summed E-state index contributed by atoms with van der Waals surface area (Å²) in [7, 11) is 0. The zero-order chi connectivity index (χ0) is 18.9. The maximum Gasteiger partial charge on any atom is 0.337 e. The number of fused-ring (bicyclic) bond motifs is 1. The highest BCUT2D eigenvalue weighted by Gasteiger charge is 2.34. The second kappa shape index (κ2) is 7.19. The molecule has 1 aliphatic carbocycles. The largest absolute Gasteiger partial charge is 0.478 e. The molecule has 138 valence electrons. The Balaban J connectivity index is 1.96. The van der Waals surface area contributed by atoms with Crippen LogP contribution < -0.4 is 16.6 Å². The molecule has 0 atom stereocenters. The van der Waals surface area contributed by atoms with E-state index in [1.54, 1.807) is 6.07 Å². The fourth-order valence-electron chi connectivity index (χ4n) is 3.39. The number of rotatable bonds is 5. The molecule has 7 heteroatoms. The van der Waals surface area contributed by atoms with Crippen LogP contribution in [0.5, 0.6) is 0 Å². The first-order valence-electron chi connectivity index (χ1n) is 8.53. The van der Waals surface area contributed by atoms with Crippen molar-refractivity contribution in [2.24, 2.45) is 11.3 Å². The van der Waals surface area contributed by atoms with Gasteiger partial charge in [0.2, 0.25) is 0 Å². The Morgan fingerprint density at radius 2 is 2.04 bits per heavy atom. The number of carboxylic acid groups (broad SMARTS) is 1. The van der Waals surface area contributed by atoms with Crippen molar-refractivity contribution in [2.45, 2.75) is 39.7 Å². The van der Waals surface area contributed by atoms with Gasteiger partial charge in [0.15, 0.2) is 0 Å². The van der Waals surface area contributed by atoms with Crippen molar-refractivity contribution in [2.75, 3.05) is 5.32 Å². The number of amides is 1. The molecular formula is C19H23N3O3S. The highest BCUT2D eigenvalue weighted by molar-refractivity contribution is 7.14. The minimum atomic E-state index is -1.04. The van der Waals surface area contributed by atoms with E-state index in [9.17, 15) is 14.7 Å². The molecule has 0 aliphatic heterocycles. The first kappa shape index (κ1) is 18.6. The number of thiophene rings is 1. The van der Waals surface area contributed by atoms with Crippen molar-refractivity contribution in [3.05, 3.63) is 50.7 Å². The fraction of sp³-hybridized carbons (Fsp3) is 0.368. The summed E-state index contributed by atoms with van der Waals surface area (Å²) in [6, 6.07) is 7.31.